The smallest absolute Gasteiger partial charge is 0.359 e. The number of aromatic nitrogens is 1. The molecular formula is C24H34Cl2N2O4. The highest BCUT2D eigenvalue weighted by Crippen LogP contribution is 2.35. The first-order valence-electron chi connectivity index (χ1n) is 10.7. The van der Waals surface area contributed by atoms with Crippen LogP contribution in [0.15, 0.2) is 16.9 Å². The molecule has 0 aliphatic carbocycles. The van der Waals surface area contributed by atoms with Gasteiger partial charge in [-0.3, -0.25) is 9.36 Å². The van der Waals surface area contributed by atoms with Crippen molar-refractivity contribution in [2.24, 2.45) is 5.41 Å². The molecule has 32 heavy (non-hydrogen) atoms. The van der Waals surface area contributed by atoms with Gasteiger partial charge in [-0.15, -0.1) is 0 Å². The molecule has 1 aromatic heterocycles. The van der Waals surface area contributed by atoms with Gasteiger partial charge in [0.2, 0.25) is 0 Å². The van der Waals surface area contributed by atoms with Gasteiger partial charge in [-0.05, 0) is 58.8 Å². The summed E-state index contributed by atoms with van der Waals surface area (Å²) in [6.45, 7) is 12.8. The summed E-state index contributed by atoms with van der Waals surface area (Å²) in [4.78, 5) is 28.9. The Labute approximate surface area is 200 Å². The molecule has 0 aliphatic heterocycles. The number of esters is 1. The predicted octanol–water partition coefficient (Wildman–Crippen LogP) is 5.64. The molecule has 2 aromatic rings. The van der Waals surface area contributed by atoms with E-state index in [1.807, 2.05) is 39.8 Å². The van der Waals surface area contributed by atoms with Gasteiger partial charge in [-0.25, -0.2) is 4.79 Å². The Morgan fingerprint density at radius 2 is 1.59 bits per heavy atom. The zero-order valence-electron chi connectivity index (χ0n) is 20.3. The number of ether oxygens (including phenoxy) is 2. The number of pyridine rings is 1. The largest absolute Gasteiger partial charge is 0.490 e. The van der Waals surface area contributed by atoms with Crippen LogP contribution in [-0.4, -0.2) is 48.3 Å². The Morgan fingerprint density at radius 3 is 2.09 bits per heavy atom. The Kier molecular flexibility index (Phi) is 8.30. The van der Waals surface area contributed by atoms with E-state index in [2.05, 4.69) is 0 Å². The molecule has 0 aliphatic rings. The van der Waals surface area contributed by atoms with Crippen molar-refractivity contribution in [1.82, 2.24) is 9.47 Å². The summed E-state index contributed by atoms with van der Waals surface area (Å²) in [6.07, 6.45) is 0.738. The summed E-state index contributed by atoms with van der Waals surface area (Å²) >= 11 is 12.5. The van der Waals surface area contributed by atoms with Crippen LogP contribution < -0.4 is 10.3 Å². The molecule has 0 saturated heterocycles. The van der Waals surface area contributed by atoms with Gasteiger partial charge in [0.25, 0.3) is 5.56 Å². The second-order valence-corrected chi connectivity index (χ2v) is 11.3. The summed E-state index contributed by atoms with van der Waals surface area (Å²) in [6, 6.07) is 3.11. The number of hydrogen-bond donors (Lipinski definition) is 0. The second kappa shape index (κ2) is 10.0. The molecule has 0 fully saturated rings. The highest BCUT2D eigenvalue weighted by molar-refractivity contribution is 6.42. The Hall–Kier alpha value is -1.76. The van der Waals surface area contributed by atoms with Gasteiger partial charge < -0.3 is 14.4 Å². The predicted molar refractivity (Wildman–Crippen MR) is 132 cm³/mol. The van der Waals surface area contributed by atoms with E-state index in [1.165, 1.54) is 10.6 Å². The van der Waals surface area contributed by atoms with E-state index in [9.17, 15) is 9.59 Å². The minimum atomic E-state index is -0.742. The number of hydrogen-bond acceptors (Lipinski definition) is 5. The highest BCUT2D eigenvalue weighted by atomic mass is 35.5. The maximum Gasteiger partial charge on any atom is 0.359 e. The van der Waals surface area contributed by atoms with Crippen molar-refractivity contribution < 1.29 is 14.3 Å². The first-order valence-corrected chi connectivity index (χ1v) is 11.4. The fourth-order valence-electron chi connectivity index (χ4n) is 3.26. The van der Waals surface area contributed by atoms with E-state index < -0.39 is 11.6 Å². The number of carbonyl (C=O) groups excluding carboxylic acids is 1. The van der Waals surface area contributed by atoms with Crippen molar-refractivity contribution in [3.05, 3.63) is 38.2 Å². The maximum absolute atomic E-state index is 13.5. The topological polar surface area (TPSA) is 60.8 Å². The molecule has 0 radical (unpaired) electrons. The molecule has 0 N–H and O–H groups in total. The van der Waals surface area contributed by atoms with Crippen LogP contribution in [0.2, 0.25) is 10.0 Å². The summed E-state index contributed by atoms with van der Waals surface area (Å²) < 4.78 is 13.3. The molecule has 0 bridgehead atoms. The van der Waals surface area contributed by atoms with E-state index in [1.54, 1.807) is 26.8 Å². The van der Waals surface area contributed by atoms with Crippen molar-refractivity contribution in [2.45, 2.75) is 60.1 Å². The van der Waals surface area contributed by atoms with Crippen LogP contribution in [0, 0.1) is 5.41 Å². The fourth-order valence-corrected chi connectivity index (χ4v) is 3.59. The van der Waals surface area contributed by atoms with Crippen LogP contribution in [0.25, 0.3) is 10.8 Å². The SMILES string of the molecule is CN(C)CCCOc1c(C(=O)OC(C)(C)C)n(CC(C)(C)C)c(=O)c2cc(Cl)c(Cl)cc12. The van der Waals surface area contributed by atoms with E-state index in [-0.39, 0.29) is 32.5 Å². The molecule has 1 aromatic carbocycles. The van der Waals surface area contributed by atoms with Gasteiger partial charge in [0.05, 0.1) is 22.0 Å². The van der Waals surface area contributed by atoms with Gasteiger partial charge in [-0.1, -0.05) is 44.0 Å². The van der Waals surface area contributed by atoms with Crippen LogP contribution in [0.3, 0.4) is 0 Å². The second-order valence-electron chi connectivity index (χ2n) is 10.4. The maximum atomic E-state index is 13.5. The van der Waals surface area contributed by atoms with Crippen LogP contribution in [0.1, 0.15) is 58.5 Å². The highest BCUT2D eigenvalue weighted by Gasteiger charge is 2.30. The molecule has 0 atom stereocenters. The number of carbonyl (C=O) groups is 1. The molecule has 0 amide bonds. The van der Waals surface area contributed by atoms with Crippen LogP contribution >= 0.6 is 23.2 Å². The molecule has 0 unspecified atom stereocenters. The number of nitrogens with zero attached hydrogens (tertiary/aromatic N) is 2. The summed E-state index contributed by atoms with van der Waals surface area (Å²) in [7, 11) is 3.96. The quantitative estimate of drug-likeness (QED) is 0.375. The lowest BCUT2D eigenvalue weighted by atomic mass is 9.96. The zero-order valence-corrected chi connectivity index (χ0v) is 21.8. The molecule has 2 rings (SSSR count). The molecule has 0 spiro atoms. The molecule has 1 heterocycles. The fraction of sp³-hybridized carbons (Fsp3) is 0.583. The normalized spacial score (nSPS) is 12.5. The lowest BCUT2D eigenvalue weighted by Gasteiger charge is -2.27. The number of halogens is 2. The van der Waals surface area contributed by atoms with Gasteiger partial charge in [0.15, 0.2) is 11.4 Å². The third kappa shape index (κ3) is 6.87. The van der Waals surface area contributed by atoms with E-state index in [4.69, 9.17) is 32.7 Å². The average molecular weight is 485 g/mol. The Bertz CT molecular complexity index is 1050. The lowest BCUT2D eigenvalue weighted by Crippen LogP contribution is -2.34. The minimum Gasteiger partial charge on any atom is -0.490 e. The van der Waals surface area contributed by atoms with Gasteiger partial charge >= 0.3 is 5.97 Å². The van der Waals surface area contributed by atoms with Gasteiger partial charge in [0.1, 0.15) is 5.60 Å². The first-order chi connectivity index (χ1) is 14.6. The minimum absolute atomic E-state index is 0.0931. The van der Waals surface area contributed by atoms with Gasteiger partial charge in [-0.2, -0.15) is 0 Å². The number of rotatable bonds is 7. The monoisotopic (exact) mass is 484 g/mol. The molecule has 0 saturated carbocycles. The molecule has 6 nitrogen and oxygen atoms in total. The molecule has 8 heteroatoms. The third-order valence-electron chi connectivity index (χ3n) is 4.49. The number of benzene rings is 1. The van der Waals surface area contributed by atoms with E-state index in [0.29, 0.717) is 23.9 Å². The van der Waals surface area contributed by atoms with Crippen molar-refractivity contribution >= 4 is 39.9 Å². The average Bonchev–Trinajstić information content (AvgIpc) is 2.60. The van der Waals surface area contributed by atoms with Crippen LogP contribution in [0.5, 0.6) is 5.75 Å². The van der Waals surface area contributed by atoms with Crippen molar-refractivity contribution in [2.75, 3.05) is 27.2 Å². The standard InChI is InChI=1S/C24H34Cl2N2O4/c1-23(2,3)14-28-19(22(30)32-24(4,5)6)20(31-11-9-10-27(7)8)15-12-17(25)18(26)13-16(15)21(28)29/h12-13H,9-11,14H2,1-8H3. The Balaban J connectivity index is 2.82. The van der Waals surface area contributed by atoms with Crippen LogP contribution in [0.4, 0.5) is 0 Å². The van der Waals surface area contributed by atoms with Crippen molar-refractivity contribution in [3.63, 3.8) is 0 Å². The molecule has 178 valence electrons. The summed E-state index contributed by atoms with van der Waals surface area (Å²) in [5, 5.41) is 1.33. The number of fused-ring (bicyclic) bond motifs is 1. The Morgan fingerprint density at radius 1 is 1.03 bits per heavy atom. The van der Waals surface area contributed by atoms with E-state index >= 15 is 0 Å². The van der Waals surface area contributed by atoms with Crippen LogP contribution in [-0.2, 0) is 11.3 Å². The van der Waals surface area contributed by atoms with E-state index in [0.717, 1.165) is 13.0 Å². The van der Waals surface area contributed by atoms with Crippen molar-refractivity contribution in [3.8, 4) is 5.75 Å². The summed E-state index contributed by atoms with van der Waals surface area (Å²) in [5.74, 6) is -0.329. The molecular weight excluding hydrogens is 451 g/mol. The zero-order chi connectivity index (χ0) is 24.4. The third-order valence-corrected chi connectivity index (χ3v) is 5.21. The van der Waals surface area contributed by atoms with Gasteiger partial charge in [0, 0.05) is 18.5 Å². The van der Waals surface area contributed by atoms with Crippen molar-refractivity contribution in [1.29, 1.82) is 0 Å². The first kappa shape index (κ1) is 26.5. The lowest BCUT2D eigenvalue weighted by molar-refractivity contribution is 0.00500. The summed E-state index contributed by atoms with van der Waals surface area (Å²) in [5.41, 5.74) is -1.27.